The molecule has 1 amide bonds. The maximum Gasteiger partial charge on any atom is 0.261 e. The van der Waals surface area contributed by atoms with E-state index in [9.17, 15) is 4.79 Å². The first-order valence-electron chi connectivity index (χ1n) is 11.4. The number of hydrogen-bond acceptors (Lipinski definition) is 5. The van der Waals surface area contributed by atoms with Crippen LogP contribution < -0.4 is 14.5 Å². The molecule has 4 aromatic rings. The summed E-state index contributed by atoms with van der Waals surface area (Å²) in [5, 5.41) is 0. The van der Waals surface area contributed by atoms with Gasteiger partial charge >= 0.3 is 0 Å². The molecule has 0 unspecified atom stereocenters. The zero-order chi connectivity index (χ0) is 23.5. The first-order chi connectivity index (χ1) is 16.7. The highest BCUT2D eigenvalue weighted by atomic mass is 16.5. The van der Waals surface area contributed by atoms with Crippen molar-refractivity contribution in [2.75, 3.05) is 30.0 Å². The highest BCUT2D eigenvalue weighted by Gasteiger charge is 2.30. The summed E-state index contributed by atoms with van der Waals surface area (Å²) >= 11 is 0. The maximum absolute atomic E-state index is 13.3. The van der Waals surface area contributed by atoms with Crippen molar-refractivity contribution >= 4 is 23.2 Å². The van der Waals surface area contributed by atoms with Gasteiger partial charge in [-0.1, -0.05) is 42.5 Å². The monoisotopic (exact) mass is 450 g/mol. The molecule has 0 saturated carbocycles. The average Bonchev–Trinajstić information content (AvgIpc) is 2.98. The topological polar surface area (TPSA) is 58.6 Å². The number of aromatic nitrogens is 2. The summed E-state index contributed by atoms with van der Waals surface area (Å²) in [6, 6.07) is 24.0. The number of carbonyl (C=O) groups excluding carboxylic acids is 1. The fraction of sp³-hybridized carbons (Fsp3) is 0.179. The van der Waals surface area contributed by atoms with Crippen molar-refractivity contribution in [3.05, 3.63) is 96.3 Å². The van der Waals surface area contributed by atoms with Gasteiger partial charge in [-0.3, -0.25) is 4.79 Å². The average molecular weight is 451 g/mol. The minimum atomic E-state index is -0.0916. The Kier molecular flexibility index (Phi) is 5.95. The molecular formula is C28H26N4O2. The van der Waals surface area contributed by atoms with Crippen molar-refractivity contribution < 1.29 is 9.53 Å². The van der Waals surface area contributed by atoms with Gasteiger partial charge in [-0.05, 0) is 53.9 Å². The summed E-state index contributed by atoms with van der Waals surface area (Å²) < 4.78 is 6.04. The lowest BCUT2D eigenvalue weighted by atomic mass is 10.1. The zero-order valence-electron chi connectivity index (χ0n) is 19.3. The number of ether oxygens (including phenoxy) is 1. The highest BCUT2D eigenvalue weighted by Crippen LogP contribution is 2.37. The van der Waals surface area contributed by atoms with Crippen LogP contribution in [0.2, 0.25) is 0 Å². The number of hydrogen-bond donors (Lipinski definition) is 0. The quantitative estimate of drug-likeness (QED) is 0.388. The third-order valence-corrected chi connectivity index (χ3v) is 6.01. The molecule has 0 atom stereocenters. The van der Waals surface area contributed by atoms with E-state index in [1.165, 1.54) is 0 Å². The number of anilines is 3. The van der Waals surface area contributed by atoms with E-state index in [-0.39, 0.29) is 5.91 Å². The van der Waals surface area contributed by atoms with E-state index in [2.05, 4.69) is 28.2 Å². The first-order valence-corrected chi connectivity index (χ1v) is 11.4. The molecule has 6 nitrogen and oxygen atoms in total. The second kappa shape index (κ2) is 9.35. The molecule has 34 heavy (non-hydrogen) atoms. The van der Waals surface area contributed by atoms with Crippen LogP contribution in [0.3, 0.4) is 0 Å². The minimum absolute atomic E-state index is 0.0916. The molecule has 0 bridgehead atoms. The Morgan fingerprint density at radius 2 is 1.71 bits per heavy atom. The summed E-state index contributed by atoms with van der Waals surface area (Å²) in [4.78, 5) is 26.1. The molecule has 0 radical (unpaired) electrons. The smallest absolute Gasteiger partial charge is 0.261 e. The van der Waals surface area contributed by atoms with Crippen LogP contribution in [0, 0.1) is 0 Å². The maximum atomic E-state index is 13.3. The number of benzene rings is 2. The molecule has 5 rings (SSSR count). The summed E-state index contributed by atoms with van der Waals surface area (Å²) in [6.45, 7) is 3.18. The van der Waals surface area contributed by atoms with Crippen molar-refractivity contribution in [1.29, 1.82) is 0 Å². The third kappa shape index (κ3) is 4.10. The predicted molar refractivity (Wildman–Crippen MR) is 135 cm³/mol. The van der Waals surface area contributed by atoms with Crippen LogP contribution in [-0.2, 0) is 6.42 Å². The Labute approximate surface area is 199 Å². The van der Waals surface area contributed by atoms with Gasteiger partial charge < -0.3 is 14.5 Å². The Morgan fingerprint density at radius 1 is 0.882 bits per heavy atom. The van der Waals surface area contributed by atoms with E-state index in [4.69, 9.17) is 4.74 Å². The van der Waals surface area contributed by atoms with Gasteiger partial charge in [0.25, 0.3) is 5.91 Å². The van der Waals surface area contributed by atoms with Crippen LogP contribution in [0.25, 0.3) is 11.1 Å². The number of carbonyl (C=O) groups is 1. The summed E-state index contributed by atoms with van der Waals surface area (Å²) in [6.07, 6.45) is 4.21. The van der Waals surface area contributed by atoms with Crippen molar-refractivity contribution in [2.45, 2.75) is 13.3 Å². The Bertz CT molecular complexity index is 1320. The molecule has 0 saturated heterocycles. The second-order valence-corrected chi connectivity index (χ2v) is 8.16. The van der Waals surface area contributed by atoms with Crippen molar-refractivity contribution in [2.24, 2.45) is 0 Å². The van der Waals surface area contributed by atoms with Gasteiger partial charge in [-0.15, -0.1) is 0 Å². The number of nitrogens with zero attached hydrogens (tertiary/aromatic N) is 4. The lowest BCUT2D eigenvalue weighted by molar-refractivity contribution is 0.0994. The van der Waals surface area contributed by atoms with Crippen molar-refractivity contribution in [3.63, 3.8) is 0 Å². The molecule has 0 fully saturated rings. The molecule has 1 aliphatic rings. The molecule has 3 heterocycles. The molecule has 6 heteroatoms. The van der Waals surface area contributed by atoms with Gasteiger partial charge in [0.05, 0.1) is 17.9 Å². The zero-order valence-corrected chi connectivity index (χ0v) is 19.3. The van der Waals surface area contributed by atoms with Gasteiger partial charge in [0.2, 0.25) is 0 Å². The fourth-order valence-corrected chi connectivity index (χ4v) is 4.24. The van der Waals surface area contributed by atoms with E-state index in [1.807, 2.05) is 72.6 Å². The third-order valence-electron chi connectivity index (χ3n) is 6.01. The fourth-order valence-electron chi connectivity index (χ4n) is 4.24. The molecule has 1 aliphatic heterocycles. The van der Waals surface area contributed by atoms with Crippen molar-refractivity contribution in [3.8, 4) is 16.9 Å². The van der Waals surface area contributed by atoms with Gasteiger partial charge in [0.1, 0.15) is 11.6 Å². The molecule has 0 aliphatic carbocycles. The summed E-state index contributed by atoms with van der Waals surface area (Å²) in [7, 11) is 1.78. The standard InChI is InChI=1S/C28H26N4O2/c1-3-32-26-24(28(33)31(2)25-13-8-15-29-27(25)32)17-20(19-30-26)14-16-34-23-12-7-11-22(18-23)21-9-5-4-6-10-21/h4-13,15,17-19H,3,14,16H2,1-2H3. The molecule has 2 aromatic heterocycles. The summed E-state index contributed by atoms with van der Waals surface area (Å²) in [5.41, 5.74) is 4.57. The van der Waals surface area contributed by atoms with E-state index in [1.54, 1.807) is 18.1 Å². The Balaban J connectivity index is 1.34. The van der Waals surface area contributed by atoms with E-state index >= 15 is 0 Å². The molecule has 170 valence electrons. The van der Waals surface area contributed by atoms with E-state index in [0.29, 0.717) is 31.0 Å². The van der Waals surface area contributed by atoms with Gasteiger partial charge in [0.15, 0.2) is 5.82 Å². The van der Waals surface area contributed by atoms with E-state index < -0.39 is 0 Å². The molecular weight excluding hydrogens is 424 g/mol. The van der Waals surface area contributed by atoms with E-state index in [0.717, 1.165) is 33.9 Å². The van der Waals surface area contributed by atoms with Gasteiger partial charge in [-0.2, -0.15) is 0 Å². The molecule has 0 N–H and O–H groups in total. The Hall–Kier alpha value is -4.19. The number of rotatable bonds is 6. The lowest BCUT2D eigenvalue weighted by Crippen LogP contribution is -2.25. The SMILES string of the molecule is CCN1c2ncc(CCOc3cccc(-c4ccccc4)c3)cc2C(=O)N(C)c2cccnc21. The largest absolute Gasteiger partial charge is 0.493 e. The number of amides is 1. The molecule has 0 spiro atoms. The number of pyridine rings is 2. The van der Waals surface area contributed by atoms with Gasteiger partial charge in [-0.25, -0.2) is 9.97 Å². The van der Waals surface area contributed by atoms with Crippen LogP contribution >= 0.6 is 0 Å². The minimum Gasteiger partial charge on any atom is -0.493 e. The van der Waals surface area contributed by atoms with Crippen LogP contribution in [0.4, 0.5) is 17.3 Å². The predicted octanol–water partition coefficient (Wildman–Crippen LogP) is 5.51. The van der Waals surface area contributed by atoms with Crippen LogP contribution in [-0.4, -0.2) is 36.1 Å². The Morgan fingerprint density at radius 3 is 2.53 bits per heavy atom. The highest BCUT2D eigenvalue weighted by molar-refractivity contribution is 6.12. The van der Waals surface area contributed by atoms with Crippen LogP contribution in [0.15, 0.2) is 85.2 Å². The molecule has 2 aromatic carbocycles. The lowest BCUT2D eigenvalue weighted by Gasteiger charge is -2.22. The van der Waals surface area contributed by atoms with Crippen LogP contribution in [0.1, 0.15) is 22.8 Å². The van der Waals surface area contributed by atoms with Crippen LogP contribution in [0.5, 0.6) is 5.75 Å². The summed E-state index contributed by atoms with van der Waals surface area (Å²) in [5.74, 6) is 2.10. The number of fused-ring (bicyclic) bond motifs is 2. The first kappa shape index (κ1) is 21.6. The second-order valence-electron chi connectivity index (χ2n) is 8.16. The van der Waals surface area contributed by atoms with Gasteiger partial charge in [0, 0.05) is 32.4 Å². The normalized spacial score (nSPS) is 12.7. The van der Waals surface area contributed by atoms with Crippen molar-refractivity contribution in [1.82, 2.24) is 9.97 Å².